The molecule has 0 spiro atoms. The molecule has 2 heterocycles. The monoisotopic (exact) mass is 485 g/mol. The van der Waals surface area contributed by atoms with Gasteiger partial charge < -0.3 is 15.8 Å². The number of aromatic nitrogens is 5. The average molecular weight is 486 g/mol. The Bertz CT molecular complexity index is 1320. The third-order valence-corrected chi connectivity index (χ3v) is 6.41. The highest BCUT2D eigenvalue weighted by molar-refractivity contribution is 7.99. The summed E-state index contributed by atoms with van der Waals surface area (Å²) in [5.74, 6) is 1.36. The molecule has 9 nitrogen and oxygen atoms in total. The summed E-state index contributed by atoms with van der Waals surface area (Å²) in [5, 5.41) is 3.65. The summed E-state index contributed by atoms with van der Waals surface area (Å²) in [7, 11) is 0. The van der Waals surface area contributed by atoms with Gasteiger partial charge in [-0.05, 0) is 54.9 Å². The van der Waals surface area contributed by atoms with Gasteiger partial charge in [0.1, 0.15) is 12.1 Å². The number of ether oxygens (including phenoxy) is 1. The van der Waals surface area contributed by atoms with Crippen molar-refractivity contribution in [1.29, 1.82) is 0 Å². The smallest absolute Gasteiger partial charge is 0.224 e. The van der Waals surface area contributed by atoms with Crippen molar-refractivity contribution in [3.05, 3.63) is 73.1 Å². The van der Waals surface area contributed by atoms with Crippen LogP contribution in [0.25, 0.3) is 0 Å². The fourth-order valence-corrected chi connectivity index (χ4v) is 4.68. The number of ketones is 1. The van der Waals surface area contributed by atoms with Crippen LogP contribution in [0.5, 0.6) is 11.5 Å². The summed E-state index contributed by atoms with van der Waals surface area (Å²) in [5.41, 5.74) is 7.38. The molecule has 5 rings (SSSR count). The van der Waals surface area contributed by atoms with Crippen molar-refractivity contribution >= 4 is 34.9 Å². The van der Waals surface area contributed by atoms with Gasteiger partial charge in [-0.25, -0.2) is 9.97 Å². The molecule has 4 aromatic rings. The standard InChI is InChI=1S/C25H23N7O2S/c26-24-30-23(22(33)16-6-4-5-7-16)31-25(32-24)35-19-10-11-20(29-17-13-27-15-28-14-17)21(12-19)34-18-8-2-1-3-9-18/h1-3,8-16,29H,4-7H2,(H2,26,30,31,32). The summed E-state index contributed by atoms with van der Waals surface area (Å²) in [6, 6.07) is 15.2. The zero-order valence-electron chi connectivity index (χ0n) is 18.8. The zero-order chi connectivity index (χ0) is 24.0. The maximum atomic E-state index is 12.8. The van der Waals surface area contributed by atoms with Crippen LogP contribution in [0.2, 0.25) is 0 Å². The Labute approximate surface area is 206 Å². The van der Waals surface area contributed by atoms with Crippen LogP contribution in [0.3, 0.4) is 0 Å². The number of hydrogen-bond acceptors (Lipinski definition) is 10. The molecule has 0 atom stereocenters. The molecule has 176 valence electrons. The Morgan fingerprint density at radius 2 is 1.77 bits per heavy atom. The number of nitrogens with two attached hydrogens (primary N) is 1. The van der Waals surface area contributed by atoms with Crippen molar-refractivity contribution in [1.82, 2.24) is 24.9 Å². The largest absolute Gasteiger partial charge is 0.455 e. The maximum absolute atomic E-state index is 12.8. The number of nitrogens with zero attached hydrogens (tertiary/aromatic N) is 5. The zero-order valence-corrected chi connectivity index (χ0v) is 19.6. The SMILES string of the molecule is Nc1nc(Sc2ccc(Nc3cncnc3)c(Oc3ccccc3)c2)nc(C(=O)C2CCCC2)n1. The van der Waals surface area contributed by atoms with Gasteiger partial charge in [0.25, 0.3) is 0 Å². The fraction of sp³-hybridized carbons (Fsp3) is 0.200. The Morgan fingerprint density at radius 1 is 1.00 bits per heavy atom. The first-order valence-corrected chi connectivity index (χ1v) is 12.1. The van der Waals surface area contributed by atoms with Crippen LogP contribution in [0.1, 0.15) is 36.3 Å². The quantitative estimate of drug-likeness (QED) is 0.317. The van der Waals surface area contributed by atoms with Crippen LogP contribution in [0.15, 0.2) is 77.3 Å². The number of nitrogens with one attached hydrogen (secondary N) is 1. The molecule has 0 radical (unpaired) electrons. The van der Waals surface area contributed by atoms with E-state index in [-0.39, 0.29) is 23.5 Å². The molecule has 2 aromatic heterocycles. The maximum Gasteiger partial charge on any atom is 0.224 e. The van der Waals surface area contributed by atoms with Gasteiger partial charge in [-0.3, -0.25) is 4.79 Å². The van der Waals surface area contributed by atoms with Gasteiger partial charge in [0, 0.05) is 10.8 Å². The van der Waals surface area contributed by atoms with Crippen molar-refractivity contribution < 1.29 is 9.53 Å². The number of hydrogen-bond donors (Lipinski definition) is 2. The number of benzene rings is 2. The number of carbonyl (C=O) groups excluding carboxylic acids is 1. The van der Waals surface area contributed by atoms with Crippen molar-refractivity contribution in [2.24, 2.45) is 5.92 Å². The number of nitrogen functional groups attached to an aromatic ring is 1. The second-order valence-electron chi connectivity index (χ2n) is 8.07. The summed E-state index contributed by atoms with van der Waals surface area (Å²) >= 11 is 1.29. The van der Waals surface area contributed by atoms with Crippen molar-refractivity contribution in [2.75, 3.05) is 11.1 Å². The van der Waals surface area contributed by atoms with E-state index in [1.165, 1.54) is 18.1 Å². The van der Waals surface area contributed by atoms with Crippen LogP contribution >= 0.6 is 11.8 Å². The van der Waals surface area contributed by atoms with Crippen LogP contribution in [-0.4, -0.2) is 30.7 Å². The molecule has 0 unspecified atom stereocenters. The third kappa shape index (κ3) is 5.72. The first kappa shape index (κ1) is 22.7. The molecular weight excluding hydrogens is 462 g/mol. The summed E-state index contributed by atoms with van der Waals surface area (Å²) in [6.07, 6.45) is 8.67. The summed E-state index contributed by atoms with van der Waals surface area (Å²) in [6.45, 7) is 0. The van der Waals surface area contributed by atoms with E-state index in [0.717, 1.165) is 42.0 Å². The first-order valence-electron chi connectivity index (χ1n) is 11.3. The van der Waals surface area contributed by atoms with Crippen molar-refractivity contribution in [3.8, 4) is 11.5 Å². The molecule has 3 N–H and O–H groups in total. The molecule has 0 aliphatic heterocycles. The Kier molecular flexibility index (Phi) is 6.80. The molecule has 10 heteroatoms. The number of Topliss-reactive ketones (excluding diaryl/α,β-unsaturated/α-hetero) is 1. The second-order valence-corrected chi connectivity index (χ2v) is 9.11. The van der Waals surface area contributed by atoms with Gasteiger partial charge in [-0.15, -0.1) is 0 Å². The number of rotatable bonds is 8. The average Bonchev–Trinajstić information content (AvgIpc) is 3.41. The summed E-state index contributed by atoms with van der Waals surface area (Å²) < 4.78 is 6.16. The minimum Gasteiger partial charge on any atom is -0.455 e. The number of para-hydroxylation sites is 1. The lowest BCUT2D eigenvalue weighted by atomic mass is 10.0. The lowest BCUT2D eigenvalue weighted by molar-refractivity contribution is 0.0911. The predicted molar refractivity (Wildman–Crippen MR) is 133 cm³/mol. The molecule has 0 saturated heterocycles. The van der Waals surface area contributed by atoms with Crippen LogP contribution in [0.4, 0.5) is 17.3 Å². The molecule has 0 amide bonds. The second kappa shape index (κ2) is 10.5. The fourth-order valence-electron chi connectivity index (χ4n) is 3.89. The molecular formula is C25H23N7O2S. The molecule has 35 heavy (non-hydrogen) atoms. The summed E-state index contributed by atoms with van der Waals surface area (Å²) in [4.78, 5) is 34.5. The van der Waals surface area contributed by atoms with Gasteiger partial charge in [0.05, 0.1) is 23.8 Å². The van der Waals surface area contributed by atoms with E-state index in [1.54, 1.807) is 12.4 Å². The first-order chi connectivity index (χ1) is 17.1. The van der Waals surface area contributed by atoms with Gasteiger partial charge in [0.2, 0.25) is 17.6 Å². The van der Waals surface area contributed by atoms with E-state index in [0.29, 0.717) is 16.7 Å². The lowest BCUT2D eigenvalue weighted by Crippen LogP contribution is -2.17. The van der Waals surface area contributed by atoms with Gasteiger partial charge in [-0.1, -0.05) is 31.0 Å². The molecule has 1 saturated carbocycles. The van der Waals surface area contributed by atoms with Crippen molar-refractivity contribution in [2.45, 2.75) is 35.7 Å². The van der Waals surface area contributed by atoms with E-state index in [9.17, 15) is 4.79 Å². The Balaban J connectivity index is 1.42. The normalized spacial score (nSPS) is 13.5. The highest BCUT2D eigenvalue weighted by Gasteiger charge is 2.26. The van der Waals surface area contributed by atoms with E-state index in [4.69, 9.17) is 10.5 Å². The Hall–Kier alpha value is -4.05. The molecule has 0 bridgehead atoms. The predicted octanol–water partition coefficient (Wildman–Crippen LogP) is 5.30. The van der Waals surface area contributed by atoms with E-state index >= 15 is 0 Å². The highest BCUT2D eigenvalue weighted by atomic mass is 32.2. The van der Waals surface area contributed by atoms with E-state index in [1.807, 2.05) is 48.5 Å². The molecule has 1 aliphatic carbocycles. The van der Waals surface area contributed by atoms with E-state index < -0.39 is 0 Å². The van der Waals surface area contributed by atoms with Crippen LogP contribution < -0.4 is 15.8 Å². The molecule has 1 fully saturated rings. The van der Waals surface area contributed by atoms with Crippen LogP contribution in [-0.2, 0) is 0 Å². The van der Waals surface area contributed by atoms with E-state index in [2.05, 4.69) is 30.2 Å². The number of carbonyl (C=O) groups is 1. The molecule has 1 aliphatic rings. The van der Waals surface area contributed by atoms with Crippen LogP contribution in [0, 0.1) is 5.92 Å². The van der Waals surface area contributed by atoms with Crippen molar-refractivity contribution in [3.63, 3.8) is 0 Å². The Morgan fingerprint density at radius 3 is 2.54 bits per heavy atom. The minimum atomic E-state index is -0.0591. The van der Waals surface area contributed by atoms with Gasteiger partial charge in [-0.2, -0.15) is 15.0 Å². The third-order valence-electron chi connectivity index (χ3n) is 5.55. The highest BCUT2D eigenvalue weighted by Crippen LogP contribution is 2.37. The number of anilines is 3. The van der Waals surface area contributed by atoms with Gasteiger partial charge >= 0.3 is 0 Å². The topological polar surface area (TPSA) is 129 Å². The lowest BCUT2D eigenvalue weighted by Gasteiger charge is -2.14. The van der Waals surface area contributed by atoms with Gasteiger partial charge in [0.15, 0.2) is 10.9 Å². The molecule has 2 aromatic carbocycles. The minimum absolute atomic E-state index is 0.0342.